The van der Waals surface area contributed by atoms with Gasteiger partial charge in [-0.25, -0.2) is 0 Å². The van der Waals surface area contributed by atoms with Crippen molar-refractivity contribution in [2.24, 2.45) is 0 Å². The molecule has 1 unspecified atom stereocenters. The Hall–Kier alpha value is -1.53. The van der Waals surface area contributed by atoms with E-state index in [1.54, 1.807) is 9.12 Å². The highest BCUT2D eigenvalue weighted by Gasteiger charge is 2.24. The van der Waals surface area contributed by atoms with Crippen molar-refractivity contribution >= 4 is 53.0 Å². The predicted molar refractivity (Wildman–Crippen MR) is 117 cm³/mol. The molecule has 0 aromatic carbocycles. The zero-order chi connectivity index (χ0) is 19.0. The Morgan fingerprint density at radius 2 is 2.26 bits per heavy atom. The molecule has 0 radical (unpaired) electrons. The fourth-order valence-electron chi connectivity index (χ4n) is 3.47. The minimum absolute atomic E-state index is 0.417. The van der Waals surface area contributed by atoms with E-state index in [4.69, 9.17) is 9.72 Å². The summed E-state index contributed by atoms with van der Waals surface area (Å²) in [4.78, 5) is 11.6. The molecule has 144 valence electrons. The summed E-state index contributed by atoms with van der Waals surface area (Å²) < 4.78 is 9.85. The van der Waals surface area contributed by atoms with Crippen LogP contribution in [-0.4, -0.2) is 55.4 Å². The van der Waals surface area contributed by atoms with Crippen molar-refractivity contribution in [3.05, 3.63) is 24.2 Å². The van der Waals surface area contributed by atoms with Gasteiger partial charge in [0.05, 0.1) is 35.6 Å². The number of likely N-dealkylation sites (N-methyl/N-ethyl adjacent to an activating group) is 1. The Morgan fingerprint density at radius 3 is 2.96 bits per heavy atom. The Labute approximate surface area is 174 Å². The molecular weight excluding hydrogens is 477 g/mol. The van der Waals surface area contributed by atoms with Gasteiger partial charge in [-0.15, -0.1) is 0 Å². The maximum absolute atomic E-state index is 5.74. The summed E-state index contributed by atoms with van der Waals surface area (Å²) in [5, 5.41) is 8.85. The highest BCUT2D eigenvalue weighted by Crippen LogP contribution is 2.31. The average molecular weight is 499 g/mol. The van der Waals surface area contributed by atoms with Crippen molar-refractivity contribution in [2.45, 2.75) is 26.3 Å². The fraction of sp³-hybridized carbons (Fsp3) is 0.471. The van der Waals surface area contributed by atoms with E-state index in [9.17, 15) is 0 Å². The van der Waals surface area contributed by atoms with E-state index in [1.807, 2.05) is 29.4 Å². The third-order valence-electron chi connectivity index (χ3n) is 4.83. The van der Waals surface area contributed by atoms with Crippen LogP contribution in [0.2, 0.25) is 0 Å². The van der Waals surface area contributed by atoms with Gasteiger partial charge in [0.25, 0.3) is 0 Å². The molecule has 8 nitrogen and oxygen atoms in total. The molecule has 4 rings (SSSR count). The molecule has 1 atom stereocenters. The molecule has 10 heteroatoms. The third kappa shape index (κ3) is 3.61. The van der Waals surface area contributed by atoms with E-state index < -0.39 is 0 Å². The molecular formula is C17H22IN7OS. The number of halogens is 1. The number of aromatic nitrogens is 5. The third-order valence-corrected chi connectivity index (χ3v) is 6.55. The number of fused-ring (bicyclic) bond motifs is 1. The van der Waals surface area contributed by atoms with Gasteiger partial charge in [-0.3, -0.25) is 8.65 Å². The molecule has 1 fully saturated rings. The quantitative estimate of drug-likeness (QED) is 0.518. The van der Waals surface area contributed by atoms with Gasteiger partial charge in [-0.1, -0.05) is 0 Å². The molecule has 27 heavy (non-hydrogen) atoms. The molecule has 3 aromatic rings. The molecule has 0 saturated carbocycles. The minimum Gasteiger partial charge on any atom is -0.477 e. The Morgan fingerprint density at radius 1 is 1.41 bits per heavy atom. The van der Waals surface area contributed by atoms with Crippen LogP contribution in [0.1, 0.15) is 25.1 Å². The standard InChI is InChI=1S/C17H22IN7OS/c1-4-26-16-13-6-8-24(27-18)15(13)21-17(22-16)20-14-9-19-25(11(14)2)12-5-7-23(3)10-12/h6,8-9,12H,4-5,7,10H2,1-3H3,(H,20,21,22). The second kappa shape index (κ2) is 7.84. The summed E-state index contributed by atoms with van der Waals surface area (Å²) in [5.41, 5.74) is 2.85. The second-order valence-electron chi connectivity index (χ2n) is 6.65. The second-order valence-corrected chi connectivity index (χ2v) is 8.36. The van der Waals surface area contributed by atoms with Gasteiger partial charge in [0.15, 0.2) is 5.65 Å². The normalized spacial score (nSPS) is 17.7. The van der Waals surface area contributed by atoms with Crippen LogP contribution in [0, 0.1) is 6.92 Å². The van der Waals surface area contributed by atoms with Gasteiger partial charge in [0.1, 0.15) is 0 Å². The molecule has 4 heterocycles. The average Bonchev–Trinajstić information content (AvgIpc) is 3.35. The number of nitrogens with one attached hydrogen (secondary N) is 1. The summed E-state index contributed by atoms with van der Waals surface area (Å²) in [6.07, 6.45) is 4.95. The van der Waals surface area contributed by atoms with Crippen LogP contribution in [0.3, 0.4) is 0 Å². The molecule has 1 N–H and O–H groups in total. The molecule has 1 saturated heterocycles. The number of ether oxygens (including phenoxy) is 1. The Balaban J connectivity index is 1.66. The number of rotatable bonds is 6. The zero-order valence-corrected chi connectivity index (χ0v) is 18.5. The highest BCUT2D eigenvalue weighted by molar-refractivity contribution is 14.2. The summed E-state index contributed by atoms with van der Waals surface area (Å²) in [5.74, 6) is 1.11. The van der Waals surface area contributed by atoms with Crippen LogP contribution in [-0.2, 0) is 0 Å². The van der Waals surface area contributed by atoms with Gasteiger partial charge >= 0.3 is 0 Å². The van der Waals surface area contributed by atoms with Crippen molar-refractivity contribution in [3.8, 4) is 5.88 Å². The summed E-state index contributed by atoms with van der Waals surface area (Å²) >= 11 is 2.24. The van der Waals surface area contributed by atoms with Gasteiger partial charge in [-0.05, 0) is 39.9 Å². The van der Waals surface area contributed by atoms with E-state index in [-0.39, 0.29) is 0 Å². The topological polar surface area (TPSA) is 73.0 Å². The first-order valence-corrected chi connectivity index (χ1v) is 12.2. The summed E-state index contributed by atoms with van der Waals surface area (Å²) in [6, 6.07) is 2.40. The van der Waals surface area contributed by atoms with Gasteiger partial charge < -0.3 is 15.0 Å². The lowest BCUT2D eigenvalue weighted by Gasteiger charge is -2.14. The highest BCUT2D eigenvalue weighted by atomic mass is 127. The number of nitrogens with zero attached hydrogens (tertiary/aromatic N) is 6. The number of hydrogen-bond acceptors (Lipinski definition) is 7. The van der Waals surface area contributed by atoms with Crippen LogP contribution >= 0.6 is 30.3 Å². The molecule has 0 amide bonds. The van der Waals surface area contributed by atoms with Gasteiger partial charge in [-0.2, -0.15) is 15.1 Å². The van der Waals surface area contributed by atoms with Crippen LogP contribution in [0.25, 0.3) is 11.0 Å². The summed E-state index contributed by atoms with van der Waals surface area (Å²) in [7, 11) is 3.71. The zero-order valence-electron chi connectivity index (χ0n) is 15.5. The monoisotopic (exact) mass is 499 g/mol. The van der Waals surface area contributed by atoms with Gasteiger partial charge in [0.2, 0.25) is 11.8 Å². The van der Waals surface area contributed by atoms with E-state index in [0.717, 1.165) is 41.9 Å². The van der Waals surface area contributed by atoms with Crippen LogP contribution in [0.15, 0.2) is 18.5 Å². The first kappa shape index (κ1) is 18.8. The lowest BCUT2D eigenvalue weighted by Crippen LogP contribution is -2.18. The van der Waals surface area contributed by atoms with Crippen molar-refractivity contribution in [1.82, 2.24) is 28.6 Å². The Kier molecular flexibility index (Phi) is 5.46. The predicted octanol–water partition coefficient (Wildman–Crippen LogP) is 3.80. The lowest BCUT2D eigenvalue weighted by atomic mass is 10.2. The van der Waals surface area contributed by atoms with Crippen molar-refractivity contribution in [2.75, 3.05) is 32.1 Å². The number of likely N-dealkylation sites (tertiary alicyclic amines) is 1. The first-order chi connectivity index (χ1) is 13.1. The van der Waals surface area contributed by atoms with E-state index in [1.165, 1.54) is 0 Å². The molecule has 0 bridgehead atoms. The van der Waals surface area contributed by atoms with E-state index in [0.29, 0.717) is 24.5 Å². The molecule has 3 aromatic heterocycles. The summed E-state index contributed by atoms with van der Waals surface area (Å²) in [6.45, 7) is 6.73. The molecule has 1 aliphatic heterocycles. The molecule has 1 aliphatic rings. The number of anilines is 2. The number of hydrogen-bond donors (Lipinski definition) is 1. The van der Waals surface area contributed by atoms with Crippen molar-refractivity contribution < 1.29 is 4.74 Å². The van der Waals surface area contributed by atoms with E-state index >= 15 is 0 Å². The van der Waals surface area contributed by atoms with Crippen LogP contribution in [0.4, 0.5) is 11.6 Å². The van der Waals surface area contributed by atoms with E-state index in [2.05, 4.69) is 60.2 Å². The maximum Gasteiger partial charge on any atom is 0.232 e. The maximum atomic E-state index is 5.74. The van der Waals surface area contributed by atoms with Crippen molar-refractivity contribution in [1.29, 1.82) is 0 Å². The largest absolute Gasteiger partial charge is 0.477 e. The molecule has 0 spiro atoms. The van der Waals surface area contributed by atoms with Crippen molar-refractivity contribution in [3.63, 3.8) is 0 Å². The van der Waals surface area contributed by atoms with Crippen LogP contribution < -0.4 is 10.1 Å². The first-order valence-electron chi connectivity index (χ1n) is 8.91. The minimum atomic E-state index is 0.417. The lowest BCUT2D eigenvalue weighted by molar-refractivity contribution is 0.331. The smallest absolute Gasteiger partial charge is 0.232 e. The Bertz CT molecular complexity index is 956. The van der Waals surface area contributed by atoms with Crippen LogP contribution in [0.5, 0.6) is 5.88 Å². The van der Waals surface area contributed by atoms with Gasteiger partial charge in [0, 0.05) is 43.1 Å². The SMILES string of the molecule is CCOc1nc(Nc2cnn(C3CCN(C)C3)c2C)nc2c1ccn2SI. The fourth-order valence-corrected chi connectivity index (χ4v) is 4.73. The molecule has 0 aliphatic carbocycles.